The first-order valence-electron chi connectivity index (χ1n) is 7.76. The van der Waals surface area contributed by atoms with Gasteiger partial charge in [0, 0.05) is 12.7 Å². The number of amidine groups is 1. The molecule has 1 saturated carbocycles. The molecule has 4 rings (SSSR count). The quantitative estimate of drug-likeness (QED) is 0.914. The molecule has 5 nitrogen and oxygen atoms in total. The maximum absolute atomic E-state index is 13.0. The third-order valence-electron chi connectivity index (χ3n) is 4.22. The highest BCUT2D eigenvalue weighted by atomic mass is 32.2. The molecule has 1 aliphatic carbocycles. The smallest absolute Gasteiger partial charge is 0.284 e. The molecular formula is C17H16FN3O2S. The summed E-state index contributed by atoms with van der Waals surface area (Å²) in [6, 6.07) is 4.67. The van der Waals surface area contributed by atoms with Gasteiger partial charge >= 0.3 is 0 Å². The first-order chi connectivity index (χ1) is 11.5. The number of hydrogen-bond acceptors (Lipinski definition) is 3. The van der Waals surface area contributed by atoms with E-state index in [0.717, 1.165) is 18.0 Å². The van der Waals surface area contributed by atoms with Crippen molar-refractivity contribution in [3.8, 4) is 0 Å². The molecule has 0 unspecified atom stereocenters. The molecule has 0 saturated heterocycles. The zero-order valence-corrected chi connectivity index (χ0v) is 13.6. The van der Waals surface area contributed by atoms with Crippen LogP contribution in [0.25, 0.3) is 0 Å². The second-order valence-electron chi connectivity index (χ2n) is 5.97. The van der Waals surface area contributed by atoms with Crippen molar-refractivity contribution in [3.63, 3.8) is 0 Å². The van der Waals surface area contributed by atoms with Crippen LogP contribution in [0.4, 0.5) is 4.39 Å². The summed E-state index contributed by atoms with van der Waals surface area (Å²) in [6.07, 6.45) is 9.88. The van der Waals surface area contributed by atoms with E-state index in [0.29, 0.717) is 18.3 Å². The van der Waals surface area contributed by atoms with Crippen LogP contribution in [0.2, 0.25) is 0 Å². The van der Waals surface area contributed by atoms with E-state index < -0.39 is 15.8 Å². The van der Waals surface area contributed by atoms with Gasteiger partial charge in [0.25, 0.3) is 10.0 Å². The molecule has 0 radical (unpaired) electrons. The van der Waals surface area contributed by atoms with E-state index in [4.69, 9.17) is 0 Å². The van der Waals surface area contributed by atoms with Crippen molar-refractivity contribution in [2.24, 2.45) is 10.3 Å². The summed E-state index contributed by atoms with van der Waals surface area (Å²) in [7, 11) is -3.89. The Balaban J connectivity index is 1.65. The van der Waals surface area contributed by atoms with Crippen molar-refractivity contribution in [1.82, 2.24) is 10.2 Å². The van der Waals surface area contributed by atoms with E-state index in [2.05, 4.69) is 15.8 Å². The first kappa shape index (κ1) is 15.1. The standard InChI is InChI=1S/C17H16FN3O2S/c18-14-3-5-15(6-4-14)24(22,23)20-16-7-9-19-17-11-13(12-1-2-12)8-10-21(16)17/h3-9,11-12,19H,1-2,10H2. The minimum atomic E-state index is -3.89. The van der Waals surface area contributed by atoms with E-state index in [9.17, 15) is 12.8 Å². The third kappa shape index (κ3) is 2.87. The Labute approximate surface area is 139 Å². The van der Waals surface area contributed by atoms with Crippen molar-refractivity contribution in [1.29, 1.82) is 0 Å². The largest absolute Gasteiger partial charge is 0.348 e. The molecule has 1 N–H and O–H groups in total. The van der Waals surface area contributed by atoms with Crippen LogP contribution in [0.1, 0.15) is 12.8 Å². The molecule has 2 aliphatic heterocycles. The lowest BCUT2D eigenvalue weighted by molar-refractivity contribution is 0.516. The molecule has 0 atom stereocenters. The van der Waals surface area contributed by atoms with Gasteiger partial charge in [0.2, 0.25) is 0 Å². The lowest BCUT2D eigenvalue weighted by Crippen LogP contribution is -2.40. The fourth-order valence-corrected chi connectivity index (χ4v) is 3.77. The van der Waals surface area contributed by atoms with Crippen LogP contribution in [-0.2, 0) is 10.0 Å². The van der Waals surface area contributed by atoms with E-state index >= 15 is 0 Å². The van der Waals surface area contributed by atoms with Gasteiger partial charge < -0.3 is 10.2 Å². The Morgan fingerprint density at radius 3 is 2.67 bits per heavy atom. The number of nitrogens with zero attached hydrogens (tertiary/aromatic N) is 2. The molecule has 0 spiro atoms. The highest BCUT2D eigenvalue weighted by Crippen LogP contribution is 2.39. The Kier molecular flexibility index (Phi) is 3.53. The summed E-state index contributed by atoms with van der Waals surface area (Å²) in [5, 5.41) is 3.14. The van der Waals surface area contributed by atoms with Gasteiger partial charge in [0.1, 0.15) is 17.5 Å². The molecule has 0 amide bonds. The summed E-state index contributed by atoms with van der Waals surface area (Å²) in [4.78, 5) is 1.78. The normalized spacial score (nSPS) is 21.9. The van der Waals surface area contributed by atoms with Crippen molar-refractivity contribution in [2.45, 2.75) is 17.7 Å². The number of rotatable bonds is 3. The van der Waals surface area contributed by atoms with Gasteiger partial charge in [-0.3, -0.25) is 0 Å². The Morgan fingerprint density at radius 2 is 1.96 bits per heavy atom. The lowest BCUT2D eigenvalue weighted by atomic mass is 10.1. The minimum Gasteiger partial charge on any atom is -0.348 e. The molecular weight excluding hydrogens is 329 g/mol. The maximum Gasteiger partial charge on any atom is 0.284 e. The highest BCUT2D eigenvalue weighted by molar-refractivity contribution is 7.90. The predicted octanol–water partition coefficient (Wildman–Crippen LogP) is 2.52. The number of nitrogens with one attached hydrogen (secondary N) is 1. The van der Waals surface area contributed by atoms with Crippen molar-refractivity contribution in [3.05, 3.63) is 65.9 Å². The lowest BCUT2D eigenvalue weighted by Gasteiger charge is -2.32. The van der Waals surface area contributed by atoms with Crippen LogP contribution in [-0.4, -0.2) is 25.7 Å². The summed E-state index contributed by atoms with van der Waals surface area (Å²) in [5.41, 5.74) is 1.30. The van der Waals surface area contributed by atoms with E-state index in [1.165, 1.54) is 30.5 Å². The SMILES string of the molecule is O=S(=O)(N=C1C=CNC2=CC(C3CC3)=CCN21)c1ccc(F)cc1. The molecule has 24 heavy (non-hydrogen) atoms. The van der Waals surface area contributed by atoms with Gasteiger partial charge in [-0.25, -0.2) is 4.39 Å². The summed E-state index contributed by atoms with van der Waals surface area (Å²) in [5.74, 6) is 1.32. The van der Waals surface area contributed by atoms with E-state index in [1.54, 1.807) is 12.3 Å². The molecule has 1 fully saturated rings. The number of benzene rings is 1. The Hall–Kier alpha value is -2.41. The summed E-state index contributed by atoms with van der Waals surface area (Å²) >= 11 is 0. The topological polar surface area (TPSA) is 61.8 Å². The number of hydrogen-bond donors (Lipinski definition) is 1. The fourth-order valence-electron chi connectivity index (χ4n) is 2.78. The van der Waals surface area contributed by atoms with Gasteiger partial charge in [-0.05, 0) is 60.8 Å². The first-order valence-corrected chi connectivity index (χ1v) is 9.20. The van der Waals surface area contributed by atoms with Crippen LogP contribution in [0.15, 0.2) is 69.4 Å². The summed E-state index contributed by atoms with van der Waals surface area (Å²) in [6.45, 7) is 0.576. The predicted molar refractivity (Wildman–Crippen MR) is 88.9 cm³/mol. The van der Waals surface area contributed by atoms with Gasteiger partial charge in [0.05, 0.1) is 4.90 Å². The average molecular weight is 345 g/mol. The minimum absolute atomic E-state index is 0.0277. The van der Waals surface area contributed by atoms with E-state index in [1.807, 2.05) is 11.0 Å². The van der Waals surface area contributed by atoms with Crippen molar-refractivity contribution < 1.29 is 12.8 Å². The van der Waals surface area contributed by atoms with Crippen molar-refractivity contribution >= 4 is 15.9 Å². The molecule has 7 heteroatoms. The monoisotopic (exact) mass is 345 g/mol. The number of fused-ring (bicyclic) bond motifs is 1. The highest BCUT2D eigenvalue weighted by Gasteiger charge is 2.29. The number of sulfonamides is 1. The fraction of sp³-hybridized carbons (Fsp3) is 0.235. The number of halogens is 1. The van der Waals surface area contributed by atoms with Crippen LogP contribution in [0, 0.1) is 11.7 Å². The molecule has 1 aromatic carbocycles. The van der Waals surface area contributed by atoms with Crippen molar-refractivity contribution in [2.75, 3.05) is 6.54 Å². The number of allylic oxidation sites excluding steroid dienone is 2. The average Bonchev–Trinajstić information content (AvgIpc) is 3.40. The molecule has 1 aromatic rings. The molecule has 3 aliphatic rings. The second kappa shape index (κ2) is 5.59. The Bertz CT molecular complexity index is 894. The zero-order chi connectivity index (χ0) is 16.7. The van der Waals surface area contributed by atoms with Gasteiger partial charge in [-0.1, -0.05) is 6.08 Å². The van der Waals surface area contributed by atoms with Crippen LogP contribution in [0.3, 0.4) is 0 Å². The molecule has 0 bridgehead atoms. The van der Waals surface area contributed by atoms with Gasteiger partial charge in [-0.2, -0.15) is 8.42 Å². The summed E-state index contributed by atoms with van der Waals surface area (Å²) < 4.78 is 41.8. The van der Waals surface area contributed by atoms with Crippen LogP contribution < -0.4 is 5.32 Å². The zero-order valence-electron chi connectivity index (χ0n) is 12.8. The van der Waals surface area contributed by atoms with Crippen LogP contribution >= 0.6 is 0 Å². The maximum atomic E-state index is 13.0. The van der Waals surface area contributed by atoms with Crippen LogP contribution in [0.5, 0.6) is 0 Å². The molecule has 124 valence electrons. The second-order valence-corrected chi connectivity index (χ2v) is 7.58. The third-order valence-corrected chi connectivity index (χ3v) is 5.51. The van der Waals surface area contributed by atoms with Gasteiger partial charge in [0.15, 0.2) is 0 Å². The molecule has 2 heterocycles. The van der Waals surface area contributed by atoms with Gasteiger partial charge in [-0.15, -0.1) is 4.40 Å². The molecule has 0 aromatic heterocycles. The van der Waals surface area contributed by atoms with E-state index in [-0.39, 0.29) is 4.90 Å². The Morgan fingerprint density at radius 1 is 1.21 bits per heavy atom.